The minimum Gasteiger partial charge on any atom is -0.496 e. The molecule has 0 saturated carbocycles. The molecular formula is C25H19Cl5O5. The minimum absolute atomic E-state index is 0.0300. The van der Waals surface area contributed by atoms with E-state index in [0.717, 1.165) is 5.56 Å². The topological polar surface area (TPSA) is 54.0 Å². The smallest absolute Gasteiger partial charge is 0.185 e. The van der Waals surface area contributed by atoms with Gasteiger partial charge in [-0.3, -0.25) is 4.79 Å². The number of rotatable bonds is 9. The van der Waals surface area contributed by atoms with Gasteiger partial charge in [0.2, 0.25) is 0 Å². The lowest BCUT2D eigenvalue weighted by molar-refractivity contribution is 0.104. The van der Waals surface area contributed by atoms with E-state index in [-0.39, 0.29) is 43.3 Å². The van der Waals surface area contributed by atoms with Gasteiger partial charge in [-0.05, 0) is 42.0 Å². The SMILES string of the molecule is COc1ccc(/C=C/C(=O)c2ccc(OC)c(OC)c2)cc1COc1c(Cl)c(Cl)c(Cl)c(Cl)c1Cl. The number of methoxy groups -OCH3 is 3. The third kappa shape index (κ3) is 6.11. The van der Waals surface area contributed by atoms with E-state index in [1.54, 1.807) is 42.5 Å². The maximum Gasteiger partial charge on any atom is 0.185 e. The third-order valence-corrected chi connectivity index (χ3v) is 7.18. The van der Waals surface area contributed by atoms with E-state index >= 15 is 0 Å². The van der Waals surface area contributed by atoms with Gasteiger partial charge in [0.05, 0.1) is 36.4 Å². The highest BCUT2D eigenvalue weighted by molar-refractivity contribution is 6.55. The molecular weight excluding hydrogens is 558 g/mol. The van der Waals surface area contributed by atoms with Crippen molar-refractivity contribution < 1.29 is 23.7 Å². The van der Waals surface area contributed by atoms with Gasteiger partial charge in [0, 0.05) is 11.1 Å². The first-order valence-corrected chi connectivity index (χ1v) is 11.9. The number of benzene rings is 3. The second-order valence-corrected chi connectivity index (χ2v) is 8.92. The molecule has 0 spiro atoms. The molecule has 0 aliphatic rings. The molecule has 0 radical (unpaired) electrons. The molecule has 0 bridgehead atoms. The number of ketones is 1. The summed E-state index contributed by atoms with van der Waals surface area (Å²) in [6.45, 7) is 0.0300. The Bertz CT molecular complexity index is 1260. The molecule has 0 aliphatic heterocycles. The first kappa shape index (κ1) is 27.3. The molecule has 184 valence electrons. The minimum atomic E-state index is -0.205. The van der Waals surface area contributed by atoms with Crippen LogP contribution in [0.1, 0.15) is 21.5 Å². The fourth-order valence-corrected chi connectivity index (χ4v) is 4.36. The van der Waals surface area contributed by atoms with Crippen molar-refractivity contribution in [3.8, 4) is 23.0 Å². The molecule has 0 fully saturated rings. The van der Waals surface area contributed by atoms with Crippen molar-refractivity contribution in [2.75, 3.05) is 21.3 Å². The van der Waals surface area contributed by atoms with Gasteiger partial charge in [-0.1, -0.05) is 70.1 Å². The maximum absolute atomic E-state index is 12.7. The Hall–Kier alpha value is -2.28. The highest BCUT2D eigenvalue weighted by Crippen LogP contribution is 2.48. The van der Waals surface area contributed by atoms with Crippen LogP contribution in [0.5, 0.6) is 23.0 Å². The standard InChI is InChI=1S/C25H19Cl5O5/c1-32-17-8-5-13(4-7-16(31)14-6-9-18(33-2)19(11-14)34-3)10-15(17)12-35-25-23(29)21(27)20(26)22(28)24(25)30/h4-11H,12H2,1-3H3/b7-4+. The lowest BCUT2D eigenvalue weighted by Gasteiger charge is -2.15. The van der Waals surface area contributed by atoms with Gasteiger partial charge in [0.25, 0.3) is 0 Å². The molecule has 0 N–H and O–H groups in total. The molecule has 5 nitrogen and oxygen atoms in total. The summed E-state index contributed by atoms with van der Waals surface area (Å²) >= 11 is 30.8. The van der Waals surface area contributed by atoms with Crippen LogP contribution in [-0.2, 0) is 6.61 Å². The maximum atomic E-state index is 12.7. The van der Waals surface area contributed by atoms with Crippen molar-refractivity contribution >= 4 is 69.9 Å². The van der Waals surface area contributed by atoms with E-state index in [1.165, 1.54) is 27.4 Å². The van der Waals surface area contributed by atoms with Crippen molar-refractivity contribution in [3.05, 3.63) is 84.3 Å². The number of hydrogen-bond acceptors (Lipinski definition) is 5. The van der Waals surface area contributed by atoms with Gasteiger partial charge in [-0.2, -0.15) is 0 Å². The predicted octanol–water partition coefficient (Wildman–Crippen LogP) is 8.45. The van der Waals surface area contributed by atoms with Crippen LogP contribution in [0.3, 0.4) is 0 Å². The molecule has 0 aromatic heterocycles. The van der Waals surface area contributed by atoms with Crippen LogP contribution in [0.2, 0.25) is 25.1 Å². The lowest BCUT2D eigenvalue weighted by Crippen LogP contribution is -2.01. The Morgan fingerprint density at radius 2 is 1.31 bits per heavy atom. The zero-order valence-corrected chi connectivity index (χ0v) is 22.5. The Labute approximate surface area is 228 Å². The molecule has 0 unspecified atom stereocenters. The van der Waals surface area contributed by atoms with Crippen LogP contribution < -0.4 is 18.9 Å². The van der Waals surface area contributed by atoms with Crippen molar-refractivity contribution in [1.82, 2.24) is 0 Å². The molecule has 10 heteroatoms. The molecule has 35 heavy (non-hydrogen) atoms. The van der Waals surface area contributed by atoms with E-state index in [2.05, 4.69) is 0 Å². The van der Waals surface area contributed by atoms with Gasteiger partial charge in [0.1, 0.15) is 22.4 Å². The first-order chi connectivity index (χ1) is 16.7. The molecule has 0 heterocycles. The van der Waals surface area contributed by atoms with Crippen LogP contribution in [0, 0.1) is 0 Å². The highest BCUT2D eigenvalue weighted by Gasteiger charge is 2.21. The van der Waals surface area contributed by atoms with E-state index in [9.17, 15) is 4.79 Å². The molecule has 0 saturated heterocycles. The summed E-state index contributed by atoms with van der Waals surface area (Å²) in [4.78, 5) is 12.7. The number of halogens is 5. The summed E-state index contributed by atoms with van der Waals surface area (Å²) in [5.41, 5.74) is 1.86. The van der Waals surface area contributed by atoms with Crippen molar-refractivity contribution in [2.24, 2.45) is 0 Å². The lowest BCUT2D eigenvalue weighted by atomic mass is 10.1. The fraction of sp³-hybridized carbons (Fsp3) is 0.160. The molecule has 3 aromatic carbocycles. The van der Waals surface area contributed by atoms with Crippen LogP contribution in [-0.4, -0.2) is 27.1 Å². The van der Waals surface area contributed by atoms with Gasteiger partial charge in [0.15, 0.2) is 23.0 Å². The highest BCUT2D eigenvalue weighted by atomic mass is 35.5. The Morgan fingerprint density at radius 1 is 0.743 bits per heavy atom. The number of carbonyl (C=O) groups excluding carboxylic acids is 1. The summed E-state index contributed by atoms with van der Waals surface area (Å²) in [5.74, 6) is 1.46. The summed E-state index contributed by atoms with van der Waals surface area (Å²) < 4.78 is 21.7. The van der Waals surface area contributed by atoms with E-state index in [0.29, 0.717) is 28.4 Å². The van der Waals surface area contributed by atoms with Gasteiger partial charge in [-0.15, -0.1) is 0 Å². The number of allylic oxidation sites excluding steroid dienone is 1. The fourth-order valence-electron chi connectivity index (χ4n) is 3.13. The van der Waals surface area contributed by atoms with Gasteiger partial charge < -0.3 is 18.9 Å². The van der Waals surface area contributed by atoms with E-state index in [1.807, 2.05) is 0 Å². The predicted molar refractivity (Wildman–Crippen MR) is 142 cm³/mol. The molecule has 0 amide bonds. The molecule has 0 atom stereocenters. The average Bonchev–Trinajstić information content (AvgIpc) is 2.88. The van der Waals surface area contributed by atoms with Gasteiger partial charge >= 0.3 is 0 Å². The Kier molecular flexibility index (Phi) is 9.45. The van der Waals surface area contributed by atoms with Crippen LogP contribution >= 0.6 is 58.0 Å². The monoisotopic (exact) mass is 574 g/mol. The quantitative estimate of drug-likeness (QED) is 0.111. The Morgan fingerprint density at radius 3 is 1.91 bits per heavy atom. The molecule has 0 aliphatic carbocycles. The molecule has 3 rings (SSSR count). The number of hydrogen-bond donors (Lipinski definition) is 0. The zero-order chi connectivity index (χ0) is 25.7. The normalized spacial score (nSPS) is 11.0. The van der Waals surface area contributed by atoms with Crippen molar-refractivity contribution in [1.29, 1.82) is 0 Å². The van der Waals surface area contributed by atoms with Crippen LogP contribution in [0.4, 0.5) is 0 Å². The van der Waals surface area contributed by atoms with E-state index < -0.39 is 0 Å². The van der Waals surface area contributed by atoms with Gasteiger partial charge in [-0.25, -0.2) is 0 Å². The third-order valence-electron chi connectivity index (χ3n) is 4.94. The average molecular weight is 577 g/mol. The van der Waals surface area contributed by atoms with Crippen molar-refractivity contribution in [3.63, 3.8) is 0 Å². The summed E-state index contributed by atoms with van der Waals surface area (Å²) in [7, 11) is 4.57. The largest absolute Gasteiger partial charge is 0.496 e. The number of ether oxygens (including phenoxy) is 4. The number of carbonyl (C=O) groups is 1. The first-order valence-electron chi connectivity index (χ1n) is 9.97. The second kappa shape index (κ2) is 12.1. The summed E-state index contributed by atoms with van der Waals surface area (Å²) in [6.07, 6.45) is 3.14. The second-order valence-electron chi connectivity index (χ2n) is 7.03. The van der Waals surface area contributed by atoms with Crippen molar-refractivity contribution in [2.45, 2.75) is 6.61 Å². The summed E-state index contributed by atoms with van der Waals surface area (Å²) in [6, 6.07) is 10.3. The Balaban J connectivity index is 1.83. The van der Waals surface area contributed by atoms with Crippen LogP contribution in [0.15, 0.2) is 42.5 Å². The molecule has 3 aromatic rings. The summed E-state index contributed by atoms with van der Waals surface area (Å²) in [5, 5.41) is 0.202. The van der Waals surface area contributed by atoms with E-state index in [4.69, 9.17) is 77.0 Å². The zero-order valence-electron chi connectivity index (χ0n) is 18.8. The van der Waals surface area contributed by atoms with Crippen LogP contribution in [0.25, 0.3) is 6.08 Å².